The van der Waals surface area contributed by atoms with Crippen LogP contribution in [0.15, 0.2) is 43.5 Å². The van der Waals surface area contributed by atoms with E-state index in [9.17, 15) is 10.2 Å². The van der Waals surface area contributed by atoms with Gasteiger partial charge in [0.05, 0.1) is 0 Å². The van der Waals surface area contributed by atoms with E-state index >= 15 is 0 Å². The molecule has 0 aliphatic heterocycles. The van der Waals surface area contributed by atoms with Crippen molar-refractivity contribution in [3.8, 4) is 0 Å². The second kappa shape index (κ2) is 29.7. The fourth-order valence-electron chi connectivity index (χ4n) is 0.507. The minimum absolute atomic E-state index is 0. The molecule has 0 amide bonds. The average molecular weight is 314 g/mol. The van der Waals surface area contributed by atoms with E-state index in [-0.39, 0.29) is 46.8 Å². The van der Waals surface area contributed by atoms with Crippen LogP contribution in [0, 0.1) is 13.5 Å². The van der Waals surface area contributed by atoms with Gasteiger partial charge in [-0.25, -0.2) is 12.2 Å². The third-order valence-electron chi connectivity index (χ3n) is 1.23. The predicted octanol–water partition coefficient (Wildman–Crippen LogP) is 1.60. The Morgan fingerprint density at radius 3 is 1.65 bits per heavy atom. The van der Waals surface area contributed by atoms with Gasteiger partial charge < -0.3 is 17.6 Å². The van der Waals surface area contributed by atoms with Crippen molar-refractivity contribution in [2.75, 3.05) is 13.2 Å². The van der Waals surface area contributed by atoms with E-state index in [1.807, 2.05) is 12.2 Å². The Labute approximate surface area is 126 Å². The van der Waals surface area contributed by atoms with Crippen molar-refractivity contribution in [1.29, 1.82) is 0 Å². The van der Waals surface area contributed by atoms with Crippen LogP contribution in [0.1, 0.15) is 19.3 Å². The van der Waals surface area contributed by atoms with Gasteiger partial charge in [-0.2, -0.15) is 6.08 Å². The molecule has 1 rings (SSSR count). The van der Waals surface area contributed by atoms with E-state index < -0.39 is 0 Å². The minimum atomic E-state index is -0.0243. The fraction of sp³-hybridized carbons (Fsp3) is 0.357. The summed E-state index contributed by atoms with van der Waals surface area (Å²) in [6, 6.07) is 0. The zero-order chi connectivity index (χ0) is 11.8. The first-order valence-corrected chi connectivity index (χ1v) is 4.93. The van der Waals surface area contributed by atoms with Gasteiger partial charge in [0.1, 0.15) is 0 Å². The van der Waals surface area contributed by atoms with Gasteiger partial charge in [-0.05, 0) is 0 Å². The molecule has 17 heavy (non-hydrogen) atoms. The van der Waals surface area contributed by atoms with E-state index in [2.05, 4.69) is 25.3 Å². The Kier molecular flexibility index (Phi) is 44.6. The summed E-state index contributed by atoms with van der Waals surface area (Å²) in [6.45, 7) is 6.65. The van der Waals surface area contributed by atoms with E-state index in [4.69, 9.17) is 0 Å². The van der Waals surface area contributed by atoms with Crippen molar-refractivity contribution in [3.05, 3.63) is 57.0 Å². The topological polar surface area (TPSA) is 46.1 Å². The Balaban J connectivity index is -0.0000000704. The van der Waals surface area contributed by atoms with Gasteiger partial charge >= 0.3 is 26.2 Å². The van der Waals surface area contributed by atoms with Crippen LogP contribution >= 0.6 is 0 Å². The van der Waals surface area contributed by atoms with Gasteiger partial charge in [0.25, 0.3) is 0 Å². The summed E-state index contributed by atoms with van der Waals surface area (Å²) in [4.78, 5) is 0. The van der Waals surface area contributed by atoms with E-state index in [0.29, 0.717) is 12.8 Å². The molecule has 0 fully saturated rings. The first kappa shape index (κ1) is 25.6. The molecule has 0 radical (unpaired) electrons. The number of allylic oxidation sites excluding steroid dienone is 4. The van der Waals surface area contributed by atoms with Gasteiger partial charge in [-0.3, -0.25) is 6.08 Å². The van der Waals surface area contributed by atoms with Crippen LogP contribution in [-0.2, 0) is 26.2 Å². The molecular weight excluding hydrogens is 291 g/mol. The summed E-state index contributed by atoms with van der Waals surface area (Å²) >= 11 is 0. The van der Waals surface area contributed by atoms with Crippen LogP contribution in [-0.4, -0.2) is 13.2 Å². The first-order chi connectivity index (χ1) is 7.33. The fourth-order valence-corrected chi connectivity index (χ4v) is 0.507. The summed E-state index contributed by atoms with van der Waals surface area (Å²) in [5, 5.41) is 18.9. The Morgan fingerprint density at radius 1 is 1.12 bits per heavy atom. The van der Waals surface area contributed by atoms with Gasteiger partial charge in [0.2, 0.25) is 0 Å². The number of rotatable bonds is 4. The third kappa shape index (κ3) is 38.9. The van der Waals surface area contributed by atoms with Gasteiger partial charge in [-0.15, -0.1) is 32.8 Å². The van der Waals surface area contributed by atoms with Gasteiger partial charge in [0.15, 0.2) is 0 Å². The number of hydrogen-bond acceptors (Lipinski definition) is 2. The summed E-state index contributed by atoms with van der Waals surface area (Å²) in [5.41, 5.74) is 0. The maximum atomic E-state index is 9.46. The smallest absolute Gasteiger partial charge is 0.854 e. The van der Waals surface area contributed by atoms with Crippen molar-refractivity contribution in [3.63, 3.8) is 0 Å². The molecule has 0 aromatic heterocycles. The summed E-state index contributed by atoms with van der Waals surface area (Å²) < 4.78 is 0. The van der Waals surface area contributed by atoms with E-state index in [1.165, 1.54) is 0 Å². The molecule has 0 bridgehead atoms. The van der Waals surface area contributed by atoms with Gasteiger partial charge in [0, 0.05) is 0 Å². The van der Waals surface area contributed by atoms with E-state index in [0.717, 1.165) is 6.42 Å². The van der Waals surface area contributed by atoms with Crippen molar-refractivity contribution >= 4 is 0 Å². The zero-order valence-electron chi connectivity index (χ0n) is 10.7. The molecule has 0 spiro atoms. The Morgan fingerprint density at radius 2 is 1.59 bits per heavy atom. The van der Waals surface area contributed by atoms with Crippen LogP contribution < -0.4 is 10.2 Å². The molecule has 1 aliphatic carbocycles. The van der Waals surface area contributed by atoms with Crippen LogP contribution in [0.4, 0.5) is 0 Å². The van der Waals surface area contributed by atoms with E-state index in [1.54, 1.807) is 12.2 Å². The molecule has 0 unspecified atom stereocenters. The number of hydrogen-bond donors (Lipinski definition) is 0. The molecule has 0 aromatic carbocycles. The molecule has 94 valence electrons. The van der Waals surface area contributed by atoms with Crippen molar-refractivity contribution in [1.82, 2.24) is 0 Å². The molecule has 0 saturated heterocycles. The van der Waals surface area contributed by atoms with Crippen molar-refractivity contribution < 1.29 is 36.4 Å². The largest absolute Gasteiger partial charge is 4.00 e. The standard InChI is InChI=1S/C5H5.2C4H7O.CH3.Zr/c1-2-4-5-3-1;2*1-2-3-4-5;;/h1-3H,4H2;2*2H,1,3-4H2;1H3;/q4*-1;+4. The molecule has 0 aromatic rings. The predicted molar refractivity (Wildman–Crippen MR) is 67.3 cm³/mol. The summed E-state index contributed by atoms with van der Waals surface area (Å²) in [5.74, 6) is 0. The van der Waals surface area contributed by atoms with Crippen LogP contribution in [0.25, 0.3) is 0 Å². The Hall–Kier alpha value is -0.237. The minimum Gasteiger partial charge on any atom is -0.854 e. The quantitative estimate of drug-likeness (QED) is 0.584. The molecule has 2 nitrogen and oxygen atoms in total. The monoisotopic (exact) mass is 312 g/mol. The molecule has 0 N–H and O–H groups in total. The maximum Gasteiger partial charge on any atom is 4.00 e. The first-order valence-electron chi connectivity index (χ1n) is 4.93. The normalized spacial score (nSPS) is 9.53. The van der Waals surface area contributed by atoms with Crippen LogP contribution in [0.2, 0.25) is 0 Å². The van der Waals surface area contributed by atoms with Crippen molar-refractivity contribution in [2.45, 2.75) is 19.3 Å². The second-order valence-electron chi connectivity index (χ2n) is 2.57. The third-order valence-corrected chi connectivity index (χ3v) is 1.23. The Bertz CT molecular complexity index is 167. The molecule has 1 aliphatic rings. The maximum absolute atomic E-state index is 9.46. The molecule has 3 heteroatoms. The average Bonchev–Trinajstić information content (AvgIpc) is 2.79. The molecular formula is C14H22O2Zr. The molecule has 0 saturated carbocycles. The molecule has 0 atom stereocenters. The van der Waals surface area contributed by atoms with Gasteiger partial charge in [-0.1, -0.05) is 25.0 Å². The van der Waals surface area contributed by atoms with Crippen LogP contribution in [0.3, 0.4) is 0 Å². The SMILES string of the molecule is C=CCC[O-].C=CCC[O-].[C-]1=CC=CC1.[CH3-].[Zr+4]. The summed E-state index contributed by atoms with van der Waals surface area (Å²) in [7, 11) is 0. The second-order valence-corrected chi connectivity index (χ2v) is 2.57. The zero-order valence-corrected chi connectivity index (χ0v) is 13.1. The van der Waals surface area contributed by atoms with Crippen molar-refractivity contribution in [2.24, 2.45) is 0 Å². The van der Waals surface area contributed by atoms with Crippen LogP contribution in [0.5, 0.6) is 0 Å². The summed E-state index contributed by atoms with van der Waals surface area (Å²) in [6.07, 6.45) is 14.4. The molecule has 0 heterocycles.